The Morgan fingerprint density at radius 3 is 2.82 bits per heavy atom. The van der Waals surface area contributed by atoms with Crippen LogP contribution in [0.1, 0.15) is 38.5 Å². The highest BCUT2D eigenvalue weighted by atomic mass is 32.2. The standard InChI is InChI=1S/C13H22N2S2/c1-2-6-13(5-1)9-15-12(17-10-13)14-8-11-4-3-7-16-11/h11H,1-10H2,(H,14,15). The third-order valence-electron chi connectivity index (χ3n) is 4.24. The van der Waals surface area contributed by atoms with Crippen molar-refractivity contribution in [1.82, 2.24) is 5.32 Å². The molecule has 1 saturated carbocycles. The maximum atomic E-state index is 4.78. The topological polar surface area (TPSA) is 24.4 Å². The van der Waals surface area contributed by atoms with Crippen LogP contribution in [0.4, 0.5) is 0 Å². The number of nitrogens with zero attached hydrogens (tertiary/aromatic N) is 1. The van der Waals surface area contributed by atoms with E-state index in [-0.39, 0.29) is 0 Å². The monoisotopic (exact) mass is 270 g/mol. The predicted octanol–water partition coefficient (Wildman–Crippen LogP) is 3.13. The van der Waals surface area contributed by atoms with Crippen molar-refractivity contribution in [1.29, 1.82) is 0 Å². The van der Waals surface area contributed by atoms with Gasteiger partial charge in [0, 0.05) is 24.1 Å². The van der Waals surface area contributed by atoms with Gasteiger partial charge in [-0.25, -0.2) is 0 Å². The van der Waals surface area contributed by atoms with Crippen LogP contribution < -0.4 is 5.32 Å². The van der Waals surface area contributed by atoms with Gasteiger partial charge in [-0.2, -0.15) is 11.8 Å². The highest BCUT2D eigenvalue weighted by molar-refractivity contribution is 8.13. The predicted molar refractivity (Wildman–Crippen MR) is 79.1 cm³/mol. The molecule has 1 saturated heterocycles. The Morgan fingerprint density at radius 1 is 1.29 bits per heavy atom. The summed E-state index contributed by atoms with van der Waals surface area (Å²) in [6.45, 7) is 2.21. The number of rotatable bonds is 2. The molecule has 1 spiro atoms. The Balaban J connectivity index is 1.47. The molecule has 1 atom stereocenters. The van der Waals surface area contributed by atoms with Gasteiger partial charge in [0.15, 0.2) is 5.17 Å². The average Bonchev–Trinajstić information content (AvgIpc) is 3.01. The smallest absolute Gasteiger partial charge is 0.156 e. The van der Waals surface area contributed by atoms with E-state index in [9.17, 15) is 0 Å². The SMILES string of the molecule is C1CSC(CNC2=NCC3(CCCC3)CS2)C1. The fourth-order valence-electron chi connectivity index (χ4n) is 3.09. The Hall–Kier alpha value is 0.170. The molecular formula is C13H22N2S2. The number of hydrogen-bond acceptors (Lipinski definition) is 4. The molecule has 3 aliphatic rings. The van der Waals surface area contributed by atoms with Gasteiger partial charge in [0.1, 0.15) is 0 Å². The normalized spacial score (nSPS) is 31.8. The average molecular weight is 270 g/mol. The van der Waals surface area contributed by atoms with Gasteiger partial charge in [0.25, 0.3) is 0 Å². The lowest BCUT2D eigenvalue weighted by molar-refractivity contribution is 0.358. The van der Waals surface area contributed by atoms with Crippen molar-refractivity contribution in [3.05, 3.63) is 0 Å². The van der Waals surface area contributed by atoms with Gasteiger partial charge in [0.05, 0.1) is 0 Å². The van der Waals surface area contributed by atoms with Gasteiger partial charge in [0.2, 0.25) is 0 Å². The molecule has 3 rings (SSSR count). The van der Waals surface area contributed by atoms with Crippen LogP contribution in [-0.4, -0.2) is 35.0 Å². The summed E-state index contributed by atoms with van der Waals surface area (Å²) in [4.78, 5) is 4.78. The fraction of sp³-hybridized carbons (Fsp3) is 0.923. The number of hydrogen-bond donors (Lipinski definition) is 1. The Kier molecular flexibility index (Phi) is 3.90. The van der Waals surface area contributed by atoms with E-state index >= 15 is 0 Å². The molecule has 96 valence electrons. The lowest BCUT2D eigenvalue weighted by Crippen LogP contribution is -2.35. The number of aliphatic imine (C=N–C) groups is 1. The first-order valence-electron chi connectivity index (χ1n) is 6.89. The Labute approximate surface area is 113 Å². The highest BCUT2D eigenvalue weighted by Crippen LogP contribution is 2.43. The molecule has 2 aliphatic heterocycles. The quantitative estimate of drug-likeness (QED) is 0.834. The number of thioether (sulfide) groups is 2. The van der Waals surface area contributed by atoms with Crippen LogP contribution in [-0.2, 0) is 0 Å². The summed E-state index contributed by atoms with van der Waals surface area (Å²) >= 11 is 4.10. The third kappa shape index (κ3) is 2.95. The first-order chi connectivity index (χ1) is 8.36. The van der Waals surface area contributed by atoms with Gasteiger partial charge in [-0.15, -0.1) is 0 Å². The van der Waals surface area contributed by atoms with E-state index in [2.05, 4.69) is 17.1 Å². The maximum absolute atomic E-state index is 4.78. The van der Waals surface area contributed by atoms with E-state index in [0.29, 0.717) is 5.41 Å². The van der Waals surface area contributed by atoms with Crippen molar-refractivity contribution in [2.75, 3.05) is 24.6 Å². The Bertz CT molecular complexity index is 292. The second-order valence-corrected chi connectivity index (χ2v) is 8.01. The highest BCUT2D eigenvalue weighted by Gasteiger charge is 2.36. The summed E-state index contributed by atoms with van der Waals surface area (Å²) in [5.74, 6) is 2.66. The molecule has 0 aromatic carbocycles. The van der Waals surface area contributed by atoms with Crippen LogP contribution in [0.2, 0.25) is 0 Å². The molecule has 0 aromatic rings. The number of amidine groups is 1. The van der Waals surface area contributed by atoms with Gasteiger partial charge in [-0.3, -0.25) is 4.99 Å². The summed E-state index contributed by atoms with van der Waals surface area (Å²) in [6, 6.07) is 0. The van der Waals surface area contributed by atoms with Crippen molar-refractivity contribution >= 4 is 28.7 Å². The minimum Gasteiger partial charge on any atom is -0.364 e. The van der Waals surface area contributed by atoms with E-state index < -0.39 is 0 Å². The van der Waals surface area contributed by atoms with Gasteiger partial charge < -0.3 is 5.32 Å². The van der Waals surface area contributed by atoms with Gasteiger partial charge in [-0.1, -0.05) is 24.6 Å². The van der Waals surface area contributed by atoms with Gasteiger partial charge in [-0.05, 0) is 36.9 Å². The third-order valence-corrected chi connectivity index (χ3v) is 6.94. The summed E-state index contributed by atoms with van der Waals surface area (Å²) in [6.07, 6.45) is 8.47. The van der Waals surface area contributed by atoms with E-state index in [0.717, 1.165) is 18.3 Å². The first kappa shape index (κ1) is 12.2. The summed E-state index contributed by atoms with van der Waals surface area (Å²) < 4.78 is 0. The molecular weight excluding hydrogens is 248 g/mol. The van der Waals surface area contributed by atoms with Crippen LogP contribution in [0.15, 0.2) is 4.99 Å². The number of nitrogens with one attached hydrogen (secondary N) is 1. The molecule has 1 unspecified atom stereocenters. The minimum atomic E-state index is 0.581. The molecule has 1 aliphatic carbocycles. The minimum absolute atomic E-state index is 0.581. The zero-order valence-electron chi connectivity index (χ0n) is 10.4. The lowest BCUT2D eigenvalue weighted by Gasteiger charge is -2.31. The van der Waals surface area contributed by atoms with E-state index in [1.165, 1.54) is 55.2 Å². The second-order valence-electron chi connectivity index (χ2n) is 5.63. The van der Waals surface area contributed by atoms with E-state index in [4.69, 9.17) is 4.99 Å². The maximum Gasteiger partial charge on any atom is 0.156 e. The van der Waals surface area contributed by atoms with Crippen molar-refractivity contribution in [3.63, 3.8) is 0 Å². The lowest BCUT2D eigenvalue weighted by atomic mass is 9.89. The van der Waals surface area contributed by atoms with Crippen molar-refractivity contribution in [2.45, 2.75) is 43.8 Å². The fourth-order valence-corrected chi connectivity index (χ4v) is 5.46. The first-order valence-corrected chi connectivity index (χ1v) is 8.93. The van der Waals surface area contributed by atoms with Crippen molar-refractivity contribution in [3.8, 4) is 0 Å². The van der Waals surface area contributed by atoms with Gasteiger partial charge >= 0.3 is 0 Å². The zero-order valence-corrected chi connectivity index (χ0v) is 12.0. The zero-order chi connectivity index (χ0) is 11.6. The van der Waals surface area contributed by atoms with E-state index in [1.54, 1.807) is 0 Å². The summed E-state index contributed by atoms with van der Waals surface area (Å²) in [7, 11) is 0. The van der Waals surface area contributed by atoms with Crippen molar-refractivity contribution in [2.24, 2.45) is 10.4 Å². The Morgan fingerprint density at radius 2 is 2.18 bits per heavy atom. The molecule has 0 aromatic heterocycles. The summed E-state index contributed by atoms with van der Waals surface area (Å²) in [5.41, 5.74) is 0.581. The molecule has 17 heavy (non-hydrogen) atoms. The van der Waals surface area contributed by atoms with Crippen LogP contribution in [0.3, 0.4) is 0 Å². The molecule has 0 bridgehead atoms. The van der Waals surface area contributed by atoms with Crippen LogP contribution >= 0.6 is 23.5 Å². The molecule has 0 radical (unpaired) electrons. The molecule has 2 nitrogen and oxygen atoms in total. The molecule has 1 N–H and O–H groups in total. The second kappa shape index (κ2) is 5.43. The van der Waals surface area contributed by atoms with Crippen LogP contribution in [0, 0.1) is 5.41 Å². The van der Waals surface area contributed by atoms with Crippen molar-refractivity contribution < 1.29 is 0 Å². The molecule has 2 fully saturated rings. The van der Waals surface area contributed by atoms with E-state index in [1.807, 2.05) is 11.8 Å². The van der Waals surface area contributed by atoms with Crippen LogP contribution in [0.5, 0.6) is 0 Å². The molecule has 2 heterocycles. The largest absolute Gasteiger partial charge is 0.364 e. The van der Waals surface area contributed by atoms with Crippen LogP contribution in [0.25, 0.3) is 0 Å². The molecule has 4 heteroatoms. The summed E-state index contributed by atoms with van der Waals surface area (Å²) in [5, 5.41) is 5.61. The molecule has 0 amide bonds.